The number of rotatable bonds is 4. The third-order valence-corrected chi connectivity index (χ3v) is 2.99. The minimum absolute atomic E-state index is 0.481. The lowest BCUT2D eigenvalue weighted by molar-refractivity contribution is 0.199. The molecule has 0 aliphatic rings. The minimum atomic E-state index is -0.481. The van der Waals surface area contributed by atoms with Gasteiger partial charge in [0.1, 0.15) is 5.82 Å². The predicted molar refractivity (Wildman–Crippen MR) is 76.0 cm³/mol. The van der Waals surface area contributed by atoms with Gasteiger partial charge in [-0.1, -0.05) is 12.1 Å². The average Bonchev–Trinajstić information content (AvgIpc) is 2.39. The molecule has 0 radical (unpaired) electrons. The molecule has 19 heavy (non-hydrogen) atoms. The highest BCUT2D eigenvalue weighted by molar-refractivity contribution is 5.39. The standard InChI is InChI=1S/C15H19N3O/c1-11-5-4-6-14(17-11)10-18(3)15-8-7-13(9-16-15)12(2)19/h4-9,12,19H,10H2,1-3H3/t12-/m0/s1. The van der Waals surface area contributed by atoms with Gasteiger partial charge in [-0.2, -0.15) is 0 Å². The maximum atomic E-state index is 9.46. The quantitative estimate of drug-likeness (QED) is 0.914. The first-order valence-corrected chi connectivity index (χ1v) is 6.34. The molecule has 0 saturated heterocycles. The van der Waals surface area contributed by atoms with Crippen molar-refractivity contribution in [3.05, 3.63) is 53.5 Å². The fourth-order valence-electron chi connectivity index (χ4n) is 1.88. The monoisotopic (exact) mass is 257 g/mol. The molecule has 0 fully saturated rings. The Morgan fingerprint density at radius 1 is 1.26 bits per heavy atom. The summed E-state index contributed by atoms with van der Waals surface area (Å²) in [4.78, 5) is 10.9. The summed E-state index contributed by atoms with van der Waals surface area (Å²) in [5.74, 6) is 0.868. The van der Waals surface area contributed by atoms with Crippen molar-refractivity contribution in [2.45, 2.75) is 26.5 Å². The zero-order valence-electron chi connectivity index (χ0n) is 11.5. The van der Waals surface area contributed by atoms with Gasteiger partial charge < -0.3 is 10.0 Å². The fraction of sp³-hybridized carbons (Fsp3) is 0.333. The van der Waals surface area contributed by atoms with Crippen LogP contribution < -0.4 is 4.90 Å². The Labute approximate surface area is 113 Å². The predicted octanol–water partition coefficient (Wildman–Crippen LogP) is 2.47. The van der Waals surface area contributed by atoms with E-state index in [0.717, 1.165) is 22.8 Å². The second kappa shape index (κ2) is 5.80. The van der Waals surface area contributed by atoms with Crippen LogP contribution in [0.4, 0.5) is 5.82 Å². The lowest BCUT2D eigenvalue weighted by Gasteiger charge is -2.18. The highest BCUT2D eigenvalue weighted by Gasteiger charge is 2.06. The Morgan fingerprint density at radius 3 is 2.63 bits per heavy atom. The molecule has 100 valence electrons. The molecule has 0 spiro atoms. The van der Waals surface area contributed by atoms with Crippen molar-refractivity contribution < 1.29 is 5.11 Å². The van der Waals surface area contributed by atoms with Gasteiger partial charge in [0.25, 0.3) is 0 Å². The Morgan fingerprint density at radius 2 is 2.05 bits per heavy atom. The van der Waals surface area contributed by atoms with Crippen molar-refractivity contribution in [2.24, 2.45) is 0 Å². The number of aromatic nitrogens is 2. The van der Waals surface area contributed by atoms with Crippen molar-refractivity contribution in [3.63, 3.8) is 0 Å². The molecule has 1 atom stereocenters. The van der Waals surface area contributed by atoms with E-state index in [1.165, 1.54) is 0 Å². The summed E-state index contributed by atoms with van der Waals surface area (Å²) >= 11 is 0. The largest absolute Gasteiger partial charge is 0.389 e. The topological polar surface area (TPSA) is 49.2 Å². The highest BCUT2D eigenvalue weighted by atomic mass is 16.3. The third-order valence-electron chi connectivity index (χ3n) is 2.99. The summed E-state index contributed by atoms with van der Waals surface area (Å²) in [5, 5.41) is 9.46. The number of hydrogen-bond acceptors (Lipinski definition) is 4. The van der Waals surface area contributed by atoms with E-state index >= 15 is 0 Å². The van der Waals surface area contributed by atoms with Gasteiger partial charge in [-0.25, -0.2) is 4.98 Å². The normalized spacial score (nSPS) is 12.2. The first-order chi connectivity index (χ1) is 9.06. The molecule has 0 unspecified atom stereocenters. The third kappa shape index (κ3) is 3.51. The van der Waals surface area contributed by atoms with Crippen LogP contribution in [0.5, 0.6) is 0 Å². The second-order valence-electron chi connectivity index (χ2n) is 4.75. The summed E-state index contributed by atoms with van der Waals surface area (Å²) in [5.41, 5.74) is 2.86. The molecule has 0 bridgehead atoms. The Kier molecular flexibility index (Phi) is 4.12. The number of aryl methyl sites for hydroxylation is 1. The summed E-state index contributed by atoms with van der Waals surface area (Å²) in [6.07, 6.45) is 1.23. The van der Waals surface area contributed by atoms with Crippen molar-refractivity contribution in [1.29, 1.82) is 0 Å². The van der Waals surface area contributed by atoms with E-state index in [1.54, 1.807) is 13.1 Å². The smallest absolute Gasteiger partial charge is 0.128 e. The summed E-state index contributed by atoms with van der Waals surface area (Å²) in [7, 11) is 1.98. The molecular weight excluding hydrogens is 238 g/mol. The maximum Gasteiger partial charge on any atom is 0.128 e. The number of pyridine rings is 2. The van der Waals surface area contributed by atoms with Gasteiger partial charge in [0.2, 0.25) is 0 Å². The molecule has 0 amide bonds. The van der Waals surface area contributed by atoms with E-state index < -0.39 is 6.10 Å². The number of aliphatic hydroxyl groups is 1. The van der Waals surface area contributed by atoms with Gasteiger partial charge >= 0.3 is 0 Å². The highest BCUT2D eigenvalue weighted by Crippen LogP contribution is 2.16. The van der Waals surface area contributed by atoms with Crippen LogP contribution in [0.3, 0.4) is 0 Å². The van der Waals surface area contributed by atoms with E-state index in [2.05, 4.69) is 9.97 Å². The second-order valence-corrected chi connectivity index (χ2v) is 4.75. The van der Waals surface area contributed by atoms with Gasteiger partial charge in [-0.05, 0) is 37.6 Å². The van der Waals surface area contributed by atoms with Gasteiger partial charge in [0, 0.05) is 18.9 Å². The van der Waals surface area contributed by atoms with Crippen molar-refractivity contribution in [1.82, 2.24) is 9.97 Å². The number of hydrogen-bond donors (Lipinski definition) is 1. The maximum absolute atomic E-state index is 9.46. The molecule has 0 aliphatic carbocycles. The van der Waals surface area contributed by atoms with Crippen LogP contribution in [0.1, 0.15) is 30.0 Å². The molecule has 2 aromatic rings. The fourth-order valence-corrected chi connectivity index (χ4v) is 1.88. The van der Waals surface area contributed by atoms with Crippen molar-refractivity contribution >= 4 is 5.82 Å². The lowest BCUT2D eigenvalue weighted by Crippen LogP contribution is -2.18. The first-order valence-electron chi connectivity index (χ1n) is 6.34. The van der Waals surface area contributed by atoms with Crippen LogP contribution in [-0.4, -0.2) is 22.1 Å². The molecule has 4 nitrogen and oxygen atoms in total. The number of nitrogens with zero attached hydrogens (tertiary/aromatic N) is 3. The van der Waals surface area contributed by atoms with Gasteiger partial charge in [-0.3, -0.25) is 4.98 Å². The zero-order chi connectivity index (χ0) is 13.8. The Balaban J connectivity index is 2.09. The van der Waals surface area contributed by atoms with Gasteiger partial charge in [-0.15, -0.1) is 0 Å². The summed E-state index contributed by atoms with van der Waals surface area (Å²) in [6.45, 7) is 4.43. The summed E-state index contributed by atoms with van der Waals surface area (Å²) in [6, 6.07) is 9.81. The van der Waals surface area contributed by atoms with Crippen LogP contribution in [0.25, 0.3) is 0 Å². The molecule has 0 saturated carbocycles. The number of anilines is 1. The van der Waals surface area contributed by atoms with E-state index in [4.69, 9.17) is 0 Å². The molecule has 4 heteroatoms. The van der Waals surface area contributed by atoms with Crippen molar-refractivity contribution in [3.8, 4) is 0 Å². The lowest BCUT2D eigenvalue weighted by atomic mass is 10.2. The van der Waals surface area contributed by atoms with E-state index in [-0.39, 0.29) is 0 Å². The Bertz CT molecular complexity index is 537. The summed E-state index contributed by atoms with van der Waals surface area (Å²) < 4.78 is 0. The molecule has 2 aromatic heterocycles. The first kappa shape index (κ1) is 13.5. The van der Waals surface area contributed by atoms with Gasteiger partial charge in [0.15, 0.2) is 0 Å². The molecular formula is C15H19N3O. The van der Waals surface area contributed by atoms with E-state index in [9.17, 15) is 5.11 Å². The SMILES string of the molecule is Cc1cccc(CN(C)c2ccc([C@H](C)O)cn2)n1. The molecule has 1 N–H and O–H groups in total. The molecule has 0 aromatic carbocycles. The molecule has 0 aliphatic heterocycles. The molecule has 2 heterocycles. The van der Waals surface area contributed by atoms with Gasteiger partial charge in [0.05, 0.1) is 18.3 Å². The molecule has 2 rings (SSSR count). The van der Waals surface area contributed by atoms with E-state index in [0.29, 0.717) is 6.54 Å². The minimum Gasteiger partial charge on any atom is -0.389 e. The Hall–Kier alpha value is -1.94. The van der Waals surface area contributed by atoms with Crippen LogP contribution in [0.15, 0.2) is 36.5 Å². The van der Waals surface area contributed by atoms with Crippen LogP contribution in [0, 0.1) is 6.92 Å². The average molecular weight is 257 g/mol. The van der Waals surface area contributed by atoms with Crippen LogP contribution in [0.2, 0.25) is 0 Å². The van der Waals surface area contributed by atoms with Crippen LogP contribution >= 0.6 is 0 Å². The van der Waals surface area contributed by atoms with Crippen molar-refractivity contribution in [2.75, 3.05) is 11.9 Å². The van der Waals surface area contributed by atoms with Crippen LogP contribution in [-0.2, 0) is 6.54 Å². The number of aliphatic hydroxyl groups excluding tert-OH is 1. The van der Waals surface area contributed by atoms with E-state index in [1.807, 2.05) is 49.2 Å². The zero-order valence-corrected chi connectivity index (χ0v) is 11.5.